The predicted octanol–water partition coefficient (Wildman–Crippen LogP) is 2.92. The molecule has 0 aliphatic carbocycles. The summed E-state index contributed by atoms with van der Waals surface area (Å²) < 4.78 is 0.963. The average molecular weight is 307 g/mol. The smallest absolute Gasteiger partial charge is 0.326 e. The second-order valence-electron chi connectivity index (χ2n) is 4.79. The van der Waals surface area contributed by atoms with Crippen LogP contribution in [0.3, 0.4) is 0 Å². The number of fused-ring (bicyclic) bond motifs is 1. The van der Waals surface area contributed by atoms with E-state index in [1.54, 1.807) is 6.92 Å². The van der Waals surface area contributed by atoms with Crippen molar-refractivity contribution in [2.45, 2.75) is 26.3 Å². The van der Waals surface area contributed by atoms with E-state index in [1.165, 1.54) is 11.3 Å². The first-order valence-electron chi connectivity index (χ1n) is 6.67. The van der Waals surface area contributed by atoms with E-state index >= 15 is 0 Å². The third-order valence-electron chi connectivity index (χ3n) is 3.28. The summed E-state index contributed by atoms with van der Waals surface area (Å²) in [6.07, 6.45) is 0.665. The van der Waals surface area contributed by atoms with Crippen molar-refractivity contribution in [1.29, 1.82) is 0 Å². The van der Waals surface area contributed by atoms with Crippen molar-refractivity contribution in [1.82, 2.24) is 10.3 Å². The Labute approximate surface area is 126 Å². The van der Waals surface area contributed by atoms with Crippen LogP contribution in [0.25, 0.3) is 10.2 Å². The molecule has 21 heavy (non-hydrogen) atoms. The monoisotopic (exact) mass is 307 g/mol. The fraction of sp³-hybridized carbons (Fsp3) is 0.357. The molecule has 7 heteroatoms. The van der Waals surface area contributed by atoms with Gasteiger partial charge in [-0.2, -0.15) is 0 Å². The molecule has 0 bridgehead atoms. The molecule has 0 saturated carbocycles. The summed E-state index contributed by atoms with van der Waals surface area (Å²) in [6, 6.07) is 6.07. The van der Waals surface area contributed by atoms with Gasteiger partial charge in [-0.05, 0) is 18.1 Å². The lowest BCUT2D eigenvalue weighted by atomic mass is 10.00. The number of hydrogen-bond donors (Lipinski definition) is 3. The second kappa shape index (κ2) is 6.53. The average Bonchev–Trinajstić information content (AvgIpc) is 2.85. The Bertz CT molecular complexity index is 623. The van der Waals surface area contributed by atoms with Crippen LogP contribution in [-0.2, 0) is 4.79 Å². The minimum absolute atomic E-state index is 0.149. The third-order valence-corrected chi connectivity index (χ3v) is 4.23. The van der Waals surface area contributed by atoms with E-state index < -0.39 is 18.0 Å². The molecule has 2 unspecified atom stereocenters. The van der Waals surface area contributed by atoms with Crippen LogP contribution in [0.15, 0.2) is 24.3 Å². The van der Waals surface area contributed by atoms with Gasteiger partial charge in [0.1, 0.15) is 6.04 Å². The molecule has 2 atom stereocenters. The number of rotatable bonds is 5. The Morgan fingerprint density at radius 2 is 2.10 bits per heavy atom. The van der Waals surface area contributed by atoms with E-state index in [0.717, 1.165) is 10.2 Å². The van der Waals surface area contributed by atoms with Crippen LogP contribution in [-0.4, -0.2) is 28.1 Å². The lowest BCUT2D eigenvalue weighted by Crippen LogP contribution is -2.46. The summed E-state index contributed by atoms with van der Waals surface area (Å²) in [6.45, 7) is 3.67. The van der Waals surface area contributed by atoms with Gasteiger partial charge in [-0.3, -0.25) is 5.32 Å². The molecule has 112 valence electrons. The number of para-hydroxylation sites is 1. The lowest BCUT2D eigenvalue weighted by molar-refractivity contribution is -0.140. The van der Waals surface area contributed by atoms with Crippen LogP contribution < -0.4 is 10.6 Å². The Kier molecular flexibility index (Phi) is 4.74. The topological polar surface area (TPSA) is 91.3 Å². The van der Waals surface area contributed by atoms with Crippen LogP contribution in [0, 0.1) is 5.92 Å². The first-order chi connectivity index (χ1) is 10.0. The van der Waals surface area contributed by atoms with Crippen molar-refractivity contribution in [3.05, 3.63) is 24.3 Å². The molecular formula is C14H17N3O3S. The Balaban J connectivity index is 2.05. The number of aliphatic carboxylic acids is 1. The summed E-state index contributed by atoms with van der Waals surface area (Å²) in [5.41, 5.74) is 0.800. The molecule has 0 radical (unpaired) electrons. The minimum atomic E-state index is -1.04. The quantitative estimate of drug-likeness (QED) is 0.792. The van der Waals surface area contributed by atoms with Gasteiger partial charge in [-0.1, -0.05) is 43.7 Å². The number of urea groups is 1. The summed E-state index contributed by atoms with van der Waals surface area (Å²) >= 11 is 1.34. The molecule has 1 aromatic carbocycles. The molecule has 3 N–H and O–H groups in total. The SMILES string of the molecule is CCC(C)C(NC(=O)Nc1nc2ccccc2s1)C(=O)O. The van der Waals surface area contributed by atoms with Crippen LogP contribution >= 0.6 is 11.3 Å². The van der Waals surface area contributed by atoms with Gasteiger partial charge in [-0.25, -0.2) is 14.6 Å². The number of carbonyl (C=O) groups is 2. The number of anilines is 1. The number of aromatic nitrogens is 1. The molecular weight excluding hydrogens is 290 g/mol. The Morgan fingerprint density at radius 3 is 2.71 bits per heavy atom. The molecule has 1 aromatic heterocycles. The molecule has 6 nitrogen and oxygen atoms in total. The van der Waals surface area contributed by atoms with E-state index in [0.29, 0.717) is 11.6 Å². The molecule has 2 aromatic rings. The van der Waals surface area contributed by atoms with Crippen molar-refractivity contribution in [2.24, 2.45) is 5.92 Å². The molecule has 1 heterocycles. The zero-order chi connectivity index (χ0) is 15.4. The normalized spacial score (nSPS) is 13.6. The maximum atomic E-state index is 11.9. The van der Waals surface area contributed by atoms with Gasteiger partial charge in [0.15, 0.2) is 5.13 Å². The van der Waals surface area contributed by atoms with Gasteiger partial charge in [0, 0.05) is 0 Å². The standard InChI is InChI=1S/C14H17N3O3S/c1-3-8(2)11(12(18)19)16-13(20)17-14-15-9-6-4-5-7-10(9)21-14/h4-8,11H,3H2,1-2H3,(H,18,19)(H2,15,16,17,20). The number of thiazole rings is 1. The van der Waals surface area contributed by atoms with Gasteiger partial charge < -0.3 is 10.4 Å². The van der Waals surface area contributed by atoms with Crippen molar-refractivity contribution in [3.63, 3.8) is 0 Å². The van der Waals surface area contributed by atoms with Crippen LogP contribution in [0.2, 0.25) is 0 Å². The van der Waals surface area contributed by atoms with E-state index in [2.05, 4.69) is 15.6 Å². The summed E-state index contributed by atoms with van der Waals surface area (Å²) in [7, 11) is 0. The van der Waals surface area contributed by atoms with E-state index in [4.69, 9.17) is 5.11 Å². The highest BCUT2D eigenvalue weighted by Crippen LogP contribution is 2.25. The zero-order valence-corrected chi connectivity index (χ0v) is 12.6. The van der Waals surface area contributed by atoms with Gasteiger partial charge in [0.25, 0.3) is 0 Å². The number of carboxylic acids is 1. The van der Waals surface area contributed by atoms with Crippen molar-refractivity contribution in [3.8, 4) is 0 Å². The van der Waals surface area contributed by atoms with Crippen LogP contribution in [0.1, 0.15) is 20.3 Å². The van der Waals surface area contributed by atoms with Gasteiger partial charge in [-0.15, -0.1) is 0 Å². The second-order valence-corrected chi connectivity index (χ2v) is 5.82. The molecule has 0 saturated heterocycles. The predicted molar refractivity (Wildman–Crippen MR) is 82.7 cm³/mol. The van der Waals surface area contributed by atoms with Crippen LogP contribution in [0.5, 0.6) is 0 Å². The molecule has 2 amide bonds. The summed E-state index contributed by atoms with van der Waals surface area (Å²) in [4.78, 5) is 27.3. The maximum Gasteiger partial charge on any atom is 0.326 e. The number of hydrogen-bond acceptors (Lipinski definition) is 4. The Hall–Kier alpha value is -2.15. The van der Waals surface area contributed by atoms with Gasteiger partial charge in [0.05, 0.1) is 10.2 Å². The van der Waals surface area contributed by atoms with Crippen LogP contribution in [0.4, 0.5) is 9.93 Å². The van der Waals surface area contributed by atoms with E-state index in [-0.39, 0.29) is 5.92 Å². The van der Waals surface area contributed by atoms with E-state index in [1.807, 2.05) is 31.2 Å². The maximum absolute atomic E-state index is 11.9. The van der Waals surface area contributed by atoms with Crippen molar-refractivity contribution in [2.75, 3.05) is 5.32 Å². The Morgan fingerprint density at radius 1 is 1.38 bits per heavy atom. The highest BCUT2D eigenvalue weighted by atomic mass is 32.1. The number of carbonyl (C=O) groups excluding carboxylic acids is 1. The van der Waals surface area contributed by atoms with Crippen molar-refractivity contribution >= 4 is 38.7 Å². The fourth-order valence-electron chi connectivity index (χ4n) is 1.88. The highest BCUT2D eigenvalue weighted by molar-refractivity contribution is 7.22. The van der Waals surface area contributed by atoms with E-state index in [9.17, 15) is 9.59 Å². The molecule has 2 rings (SSSR count). The molecule has 0 fully saturated rings. The molecule has 0 aliphatic heterocycles. The number of nitrogens with zero attached hydrogens (tertiary/aromatic N) is 1. The first kappa shape index (κ1) is 15.2. The number of nitrogens with one attached hydrogen (secondary N) is 2. The largest absolute Gasteiger partial charge is 0.480 e. The van der Waals surface area contributed by atoms with Crippen molar-refractivity contribution < 1.29 is 14.7 Å². The van der Waals surface area contributed by atoms with Gasteiger partial charge in [0.2, 0.25) is 0 Å². The van der Waals surface area contributed by atoms with Gasteiger partial charge >= 0.3 is 12.0 Å². The minimum Gasteiger partial charge on any atom is -0.480 e. The highest BCUT2D eigenvalue weighted by Gasteiger charge is 2.25. The number of carboxylic acid groups (broad SMARTS) is 1. The molecule has 0 aliphatic rings. The third kappa shape index (κ3) is 3.69. The molecule has 0 spiro atoms. The number of amides is 2. The lowest BCUT2D eigenvalue weighted by Gasteiger charge is -2.19. The summed E-state index contributed by atoms with van der Waals surface area (Å²) in [5, 5.41) is 14.7. The number of benzene rings is 1. The first-order valence-corrected chi connectivity index (χ1v) is 7.48. The summed E-state index contributed by atoms with van der Waals surface area (Å²) in [5.74, 6) is -1.19. The zero-order valence-electron chi connectivity index (χ0n) is 11.8. The fourth-order valence-corrected chi connectivity index (χ4v) is 2.74.